The summed E-state index contributed by atoms with van der Waals surface area (Å²) in [5.41, 5.74) is 7.83. The molecule has 15 heavy (non-hydrogen) atoms. The van der Waals surface area contributed by atoms with E-state index in [1.54, 1.807) is 19.1 Å². The summed E-state index contributed by atoms with van der Waals surface area (Å²) in [6.07, 6.45) is 0. The number of nitrogen functional groups attached to an aromatic ring is 1. The lowest BCUT2D eigenvalue weighted by molar-refractivity contribution is 0.471. The third-order valence-electron chi connectivity index (χ3n) is 2.16. The van der Waals surface area contributed by atoms with Crippen molar-refractivity contribution in [2.24, 2.45) is 0 Å². The van der Waals surface area contributed by atoms with E-state index in [-0.39, 0.29) is 5.75 Å². The molecule has 2 aromatic rings. The molecule has 0 radical (unpaired) electrons. The molecule has 0 saturated heterocycles. The van der Waals surface area contributed by atoms with Crippen LogP contribution in [0.2, 0.25) is 5.02 Å². The first-order chi connectivity index (χ1) is 7.08. The molecule has 0 spiro atoms. The molecule has 1 aromatic heterocycles. The first kappa shape index (κ1) is 9.86. The number of nitrogens with one attached hydrogen (secondary N) is 1. The quantitative estimate of drug-likeness (QED) is 0.695. The average Bonchev–Trinajstić information content (AvgIpc) is 2.60. The summed E-state index contributed by atoms with van der Waals surface area (Å²) in [7, 11) is 0. The van der Waals surface area contributed by atoms with Gasteiger partial charge in [0.05, 0.1) is 10.7 Å². The SMILES string of the molecule is Cc1cc(-c2cc(N)n[nH]2)cc(Cl)c1O. The number of aromatic amines is 1. The molecule has 0 atom stereocenters. The van der Waals surface area contributed by atoms with Crippen molar-refractivity contribution in [2.75, 3.05) is 5.73 Å². The third kappa shape index (κ3) is 1.76. The highest BCUT2D eigenvalue weighted by Crippen LogP contribution is 2.32. The van der Waals surface area contributed by atoms with Crippen molar-refractivity contribution in [2.45, 2.75) is 6.92 Å². The smallest absolute Gasteiger partial charge is 0.145 e. The van der Waals surface area contributed by atoms with Gasteiger partial charge in [0, 0.05) is 11.6 Å². The van der Waals surface area contributed by atoms with Crippen molar-refractivity contribution >= 4 is 17.4 Å². The van der Waals surface area contributed by atoms with Crippen molar-refractivity contribution < 1.29 is 5.11 Å². The first-order valence-electron chi connectivity index (χ1n) is 4.38. The monoisotopic (exact) mass is 223 g/mol. The number of benzene rings is 1. The standard InChI is InChI=1S/C10H10ClN3O/c1-5-2-6(3-7(11)10(5)15)8-4-9(12)14-13-8/h2-4,15H,1H3,(H3,12,13,14). The maximum atomic E-state index is 9.50. The number of halogens is 1. The molecule has 2 rings (SSSR count). The van der Waals surface area contributed by atoms with E-state index in [9.17, 15) is 5.11 Å². The second-order valence-electron chi connectivity index (χ2n) is 3.33. The van der Waals surface area contributed by atoms with Crippen LogP contribution in [-0.4, -0.2) is 15.3 Å². The van der Waals surface area contributed by atoms with E-state index >= 15 is 0 Å². The number of aryl methyl sites for hydroxylation is 1. The van der Waals surface area contributed by atoms with Gasteiger partial charge in [-0.2, -0.15) is 5.10 Å². The maximum absolute atomic E-state index is 9.50. The number of nitrogens with two attached hydrogens (primary N) is 1. The summed E-state index contributed by atoms with van der Waals surface area (Å²) >= 11 is 5.86. The number of phenolic OH excluding ortho intramolecular Hbond substituents is 1. The minimum Gasteiger partial charge on any atom is -0.506 e. The van der Waals surface area contributed by atoms with E-state index < -0.39 is 0 Å². The predicted molar refractivity (Wildman–Crippen MR) is 59.8 cm³/mol. The van der Waals surface area contributed by atoms with Crippen molar-refractivity contribution in [3.63, 3.8) is 0 Å². The Labute approximate surface area is 91.7 Å². The Morgan fingerprint density at radius 2 is 2.13 bits per heavy atom. The van der Waals surface area contributed by atoms with Gasteiger partial charge in [0.25, 0.3) is 0 Å². The zero-order valence-electron chi connectivity index (χ0n) is 8.08. The van der Waals surface area contributed by atoms with E-state index in [2.05, 4.69) is 10.2 Å². The number of H-pyrrole nitrogens is 1. The molecule has 1 aromatic carbocycles. The van der Waals surface area contributed by atoms with Crippen molar-refractivity contribution in [3.05, 3.63) is 28.8 Å². The molecular weight excluding hydrogens is 214 g/mol. The van der Waals surface area contributed by atoms with Crippen LogP contribution in [0.15, 0.2) is 18.2 Å². The van der Waals surface area contributed by atoms with Crippen LogP contribution in [0.1, 0.15) is 5.56 Å². The molecule has 0 unspecified atom stereocenters. The molecular formula is C10H10ClN3O. The molecule has 1 heterocycles. The Bertz CT molecular complexity index is 484. The number of phenols is 1. The first-order valence-corrected chi connectivity index (χ1v) is 4.76. The van der Waals surface area contributed by atoms with Crippen LogP contribution in [0.3, 0.4) is 0 Å². The molecule has 0 amide bonds. The fourth-order valence-corrected chi connectivity index (χ4v) is 1.64. The summed E-state index contributed by atoms with van der Waals surface area (Å²) in [4.78, 5) is 0. The zero-order valence-corrected chi connectivity index (χ0v) is 8.84. The minimum absolute atomic E-state index is 0.105. The van der Waals surface area contributed by atoms with Crippen LogP contribution in [0.5, 0.6) is 5.75 Å². The van der Waals surface area contributed by atoms with Crippen molar-refractivity contribution in [1.29, 1.82) is 0 Å². The van der Waals surface area contributed by atoms with Gasteiger partial charge in [0.1, 0.15) is 11.6 Å². The Balaban J connectivity index is 2.55. The molecule has 0 aliphatic heterocycles. The molecule has 78 valence electrons. The van der Waals surface area contributed by atoms with Gasteiger partial charge in [-0.05, 0) is 24.6 Å². The van der Waals surface area contributed by atoms with Gasteiger partial charge in [-0.3, -0.25) is 5.10 Å². The minimum atomic E-state index is 0.105. The van der Waals surface area contributed by atoms with Crippen LogP contribution >= 0.6 is 11.6 Å². The van der Waals surface area contributed by atoms with Gasteiger partial charge in [-0.1, -0.05) is 11.6 Å². The van der Waals surface area contributed by atoms with E-state index in [1.807, 2.05) is 6.07 Å². The largest absolute Gasteiger partial charge is 0.506 e. The van der Waals surface area contributed by atoms with E-state index in [1.165, 1.54) is 0 Å². The van der Waals surface area contributed by atoms with Crippen LogP contribution in [-0.2, 0) is 0 Å². The second kappa shape index (κ2) is 3.47. The van der Waals surface area contributed by atoms with Gasteiger partial charge >= 0.3 is 0 Å². The van der Waals surface area contributed by atoms with Gasteiger partial charge in [0.15, 0.2) is 0 Å². The van der Waals surface area contributed by atoms with Gasteiger partial charge in [0.2, 0.25) is 0 Å². The van der Waals surface area contributed by atoms with Crippen LogP contribution < -0.4 is 5.73 Å². The summed E-state index contributed by atoms with van der Waals surface area (Å²) in [6.45, 7) is 1.78. The fraction of sp³-hybridized carbons (Fsp3) is 0.100. The Kier molecular flexibility index (Phi) is 2.28. The van der Waals surface area contributed by atoms with Gasteiger partial charge in [-0.25, -0.2) is 0 Å². The topological polar surface area (TPSA) is 74.9 Å². The second-order valence-corrected chi connectivity index (χ2v) is 3.74. The zero-order chi connectivity index (χ0) is 11.0. The van der Waals surface area contributed by atoms with E-state index in [4.69, 9.17) is 17.3 Å². The van der Waals surface area contributed by atoms with Gasteiger partial charge < -0.3 is 10.8 Å². The van der Waals surface area contributed by atoms with E-state index in [0.717, 1.165) is 11.3 Å². The average molecular weight is 224 g/mol. The molecule has 0 bridgehead atoms. The summed E-state index contributed by atoms with van der Waals surface area (Å²) in [5, 5.41) is 16.4. The molecule has 0 saturated carbocycles. The molecule has 4 N–H and O–H groups in total. The van der Waals surface area contributed by atoms with Crippen molar-refractivity contribution in [1.82, 2.24) is 10.2 Å². The highest BCUT2D eigenvalue weighted by molar-refractivity contribution is 6.32. The lowest BCUT2D eigenvalue weighted by Gasteiger charge is -2.04. The van der Waals surface area contributed by atoms with Crippen LogP contribution in [0, 0.1) is 6.92 Å². The highest BCUT2D eigenvalue weighted by Gasteiger charge is 2.08. The van der Waals surface area contributed by atoms with E-state index in [0.29, 0.717) is 16.4 Å². The predicted octanol–water partition coefficient (Wildman–Crippen LogP) is 2.33. The number of aromatic hydroxyl groups is 1. The number of aromatic nitrogens is 2. The summed E-state index contributed by atoms with van der Waals surface area (Å²) < 4.78 is 0. The number of rotatable bonds is 1. The lowest BCUT2D eigenvalue weighted by Crippen LogP contribution is -1.82. The maximum Gasteiger partial charge on any atom is 0.145 e. The lowest BCUT2D eigenvalue weighted by atomic mass is 10.1. The number of nitrogens with zero attached hydrogens (tertiary/aromatic N) is 1. The number of hydrogen-bond donors (Lipinski definition) is 3. The van der Waals surface area contributed by atoms with Crippen molar-refractivity contribution in [3.8, 4) is 17.0 Å². The molecule has 0 fully saturated rings. The summed E-state index contributed by atoms with van der Waals surface area (Å²) in [6, 6.07) is 5.19. The Morgan fingerprint density at radius 3 is 2.67 bits per heavy atom. The third-order valence-corrected chi connectivity index (χ3v) is 2.45. The highest BCUT2D eigenvalue weighted by atomic mass is 35.5. The van der Waals surface area contributed by atoms with Gasteiger partial charge in [-0.15, -0.1) is 0 Å². The molecule has 0 aliphatic rings. The fourth-order valence-electron chi connectivity index (χ4n) is 1.38. The van der Waals surface area contributed by atoms with Crippen LogP contribution in [0.25, 0.3) is 11.3 Å². The Hall–Kier alpha value is -1.68. The normalized spacial score (nSPS) is 10.5. The van der Waals surface area contributed by atoms with Crippen LogP contribution in [0.4, 0.5) is 5.82 Å². The molecule has 4 nitrogen and oxygen atoms in total. The molecule has 0 aliphatic carbocycles. The number of anilines is 1. The Morgan fingerprint density at radius 1 is 1.40 bits per heavy atom. The summed E-state index contributed by atoms with van der Waals surface area (Å²) in [5.74, 6) is 0.528. The molecule has 5 heteroatoms. The number of hydrogen-bond acceptors (Lipinski definition) is 3.